The second-order valence-electron chi connectivity index (χ2n) is 6.20. The van der Waals surface area contributed by atoms with Gasteiger partial charge in [-0.25, -0.2) is 8.78 Å². The van der Waals surface area contributed by atoms with E-state index in [9.17, 15) is 13.6 Å². The van der Waals surface area contributed by atoms with Crippen molar-refractivity contribution < 1.29 is 13.6 Å². The van der Waals surface area contributed by atoms with Gasteiger partial charge in [0, 0.05) is 16.8 Å². The fourth-order valence-electron chi connectivity index (χ4n) is 2.81. The molecule has 0 amide bonds. The predicted octanol–water partition coefficient (Wildman–Crippen LogP) is 5.19. The summed E-state index contributed by atoms with van der Waals surface area (Å²) in [4.78, 5) is 12.5. The summed E-state index contributed by atoms with van der Waals surface area (Å²) in [6.07, 6.45) is 0. The number of ketones is 1. The first-order valence-corrected chi connectivity index (χ1v) is 9.79. The summed E-state index contributed by atoms with van der Waals surface area (Å²) in [5.41, 5.74) is 1.92. The Labute approximate surface area is 170 Å². The van der Waals surface area contributed by atoms with E-state index in [1.165, 1.54) is 36.0 Å². The molecule has 7 heteroatoms. The van der Waals surface area contributed by atoms with E-state index in [1.54, 1.807) is 41.0 Å². The van der Waals surface area contributed by atoms with Crippen molar-refractivity contribution in [2.24, 2.45) is 0 Å². The number of nitrogens with zero attached hydrogens (tertiary/aromatic N) is 3. The molecule has 29 heavy (non-hydrogen) atoms. The van der Waals surface area contributed by atoms with Crippen molar-refractivity contribution in [3.05, 3.63) is 96.1 Å². The number of Topliss-reactive ketones (excluding diaryl/α,β-unsaturated/α-hetero) is 1. The van der Waals surface area contributed by atoms with Crippen molar-refractivity contribution in [1.29, 1.82) is 0 Å². The number of rotatable bonds is 6. The molecule has 0 saturated carbocycles. The largest absolute Gasteiger partial charge is 0.293 e. The van der Waals surface area contributed by atoms with Crippen LogP contribution < -0.4 is 0 Å². The number of hydrogen-bond donors (Lipinski definition) is 0. The van der Waals surface area contributed by atoms with Crippen LogP contribution in [0.5, 0.6) is 0 Å². The van der Waals surface area contributed by atoms with Gasteiger partial charge >= 0.3 is 0 Å². The molecule has 0 saturated heterocycles. The highest BCUT2D eigenvalue weighted by Gasteiger charge is 2.18. The van der Waals surface area contributed by atoms with Crippen LogP contribution in [-0.2, 0) is 0 Å². The van der Waals surface area contributed by atoms with Gasteiger partial charge in [-0.15, -0.1) is 10.2 Å². The number of carbonyl (C=O) groups excluding carboxylic acids is 1. The average molecular weight is 407 g/mol. The second-order valence-corrected chi connectivity index (χ2v) is 7.15. The van der Waals surface area contributed by atoms with Crippen molar-refractivity contribution in [3.8, 4) is 17.1 Å². The van der Waals surface area contributed by atoms with Gasteiger partial charge in [-0.2, -0.15) is 0 Å². The summed E-state index contributed by atoms with van der Waals surface area (Å²) in [5.74, 6) is -0.102. The molecular formula is C22H15F2N3OS. The number of hydrogen-bond acceptors (Lipinski definition) is 4. The number of carbonyl (C=O) groups is 1. The van der Waals surface area contributed by atoms with Gasteiger partial charge in [0.25, 0.3) is 0 Å². The molecular weight excluding hydrogens is 392 g/mol. The molecule has 0 spiro atoms. The SMILES string of the molecule is O=C(CSc1nnc(-c2ccc(F)cc2)n1-c1ccc(F)cc1)c1ccccc1. The smallest absolute Gasteiger partial charge is 0.196 e. The van der Waals surface area contributed by atoms with Gasteiger partial charge in [0.15, 0.2) is 16.8 Å². The number of thioether (sulfide) groups is 1. The molecule has 0 fully saturated rings. The predicted molar refractivity (Wildman–Crippen MR) is 108 cm³/mol. The van der Waals surface area contributed by atoms with Crippen molar-refractivity contribution >= 4 is 17.5 Å². The second kappa shape index (κ2) is 8.36. The first-order valence-electron chi connectivity index (χ1n) is 8.80. The maximum Gasteiger partial charge on any atom is 0.196 e. The molecule has 1 heterocycles. The van der Waals surface area contributed by atoms with E-state index in [1.807, 2.05) is 18.2 Å². The number of benzene rings is 3. The Bertz CT molecular complexity index is 1130. The topological polar surface area (TPSA) is 47.8 Å². The molecule has 0 aliphatic carbocycles. The summed E-state index contributed by atoms with van der Waals surface area (Å²) in [6, 6.07) is 20.8. The van der Waals surface area contributed by atoms with Crippen LogP contribution in [0.2, 0.25) is 0 Å². The Balaban J connectivity index is 1.69. The third-order valence-corrected chi connectivity index (χ3v) is 5.18. The van der Waals surface area contributed by atoms with E-state index in [0.717, 1.165) is 0 Å². The first-order chi connectivity index (χ1) is 14.1. The zero-order valence-electron chi connectivity index (χ0n) is 15.1. The molecule has 0 unspecified atom stereocenters. The van der Waals surface area contributed by atoms with Crippen LogP contribution in [0, 0.1) is 11.6 Å². The van der Waals surface area contributed by atoms with Gasteiger partial charge in [0.1, 0.15) is 11.6 Å². The van der Waals surface area contributed by atoms with Crippen LogP contribution in [0.15, 0.2) is 84.0 Å². The van der Waals surface area contributed by atoms with Gasteiger partial charge in [-0.1, -0.05) is 42.1 Å². The quantitative estimate of drug-likeness (QED) is 0.326. The summed E-state index contributed by atoms with van der Waals surface area (Å²) in [6.45, 7) is 0. The fourth-order valence-corrected chi connectivity index (χ4v) is 3.66. The molecule has 0 aliphatic heterocycles. The summed E-state index contributed by atoms with van der Waals surface area (Å²) < 4.78 is 28.5. The molecule has 4 rings (SSSR count). The molecule has 144 valence electrons. The van der Waals surface area contributed by atoms with Crippen molar-refractivity contribution in [2.45, 2.75) is 5.16 Å². The van der Waals surface area contributed by atoms with Crippen LogP contribution in [0.3, 0.4) is 0 Å². The molecule has 4 nitrogen and oxygen atoms in total. The minimum absolute atomic E-state index is 0.0346. The van der Waals surface area contributed by atoms with Crippen LogP contribution in [0.4, 0.5) is 8.78 Å². The van der Waals surface area contributed by atoms with Gasteiger partial charge in [-0.3, -0.25) is 9.36 Å². The van der Waals surface area contributed by atoms with Gasteiger partial charge < -0.3 is 0 Å². The minimum Gasteiger partial charge on any atom is -0.293 e. The molecule has 0 radical (unpaired) electrons. The van der Waals surface area contributed by atoms with E-state index in [4.69, 9.17) is 0 Å². The van der Waals surface area contributed by atoms with E-state index < -0.39 is 0 Å². The van der Waals surface area contributed by atoms with Gasteiger partial charge in [0.05, 0.1) is 5.75 Å². The Hall–Kier alpha value is -3.32. The molecule has 0 N–H and O–H groups in total. The third kappa shape index (κ3) is 4.25. The van der Waals surface area contributed by atoms with Crippen LogP contribution in [0.25, 0.3) is 17.1 Å². The standard InChI is InChI=1S/C22H15F2N3OS/c23-17-8-6-16(7-9-17)21-25-26-22(27(21)19-12-10-18(24)11-13-19)29-14-20(28)15-4-2-1-3-5-15/h1-13H,14H2. The highest BCUT2D eigenvalue weighted by atomic mass is 32.2. The number of aromatic nitrogens is 3. The lowest BCUT2D eigenvalue weighted by atomic mass is 10.2. The maximum atomic E-state index is 13.4. The monoisotopic (exact) mass is 407 g/mol. The summed E-state index contributed by atoms with van der Waals surface area (Å²) in [5, 5.41) is 8.93. The zero-order valence-corrected chi connectivity index (χ0v) is 15.9. The first kappa shape index (κ1) is 19.0. The molecule has 0 aliphatic rings. The van der Waals surface area contributed by atoms with Gasteiger partial charge in [0.2, 0.25) is 0 Å². The van der Waals surface area contributed by atoms with Crippen LogP contribution in [-0.4, -0.2) is 26.3 Å². The highest BCUT2D eigenvalue weighted by Crippen LogP contribution is 2.28. The van der Waals surface area contributed by atoms with E-state index >= 15 is 0 Å². The van der Waals surface area contributed by atoms with Crippen molar-refractivity contribution in [2.75, 3.05) is 5.75 Å². The minimum atomic E-state index is -0.362. The molecule has 1 aromatic heterocycles. The Kier molecular flexibility index (Phi) is 5.48. The van der Waals surface area contributed by atoms with E-state index in [2.05, 4.69) is 10.2 Å². The molecule has 0 atom stereocenters. The molecule has 0 bridgehead atoms. The molecule has 3 aromatic carbocycles. The third-order valence-electron chi connectivity index (χ3n) is 4.25. The summed E-state index contributed by atoms with van der Waals surface area (Å²) in [7, 11) is 0. The maximum absolute atomic E-state index is 13.4. The fraction of sp³-hybridized carbons (Fsp3) is 0.0455. The van der Waals surface area contributed by atoms with Crippen LogP contribution >= 0.6 is 11.8 Å². The Morgan fingerprint density at radius 3 is 2.10 bits per heavy atom. The van der Waals surface area contributed by atoms with E-state index in [0.29, 0.717) is 27.8 Å². The number of halogens is 2. The van der Waals surface area contributed by atoms with Crippen molar-refractivity contribution in [1.82, 2.24) is 14.8 Å². The Morgan fingerprint density at radius 2 is 1.45 bits per heavy atom. The summed E-state index contributed by atoms with van der Waals surface area (Å²) >= 11 is 1.24. The average Bonchev–Trinajstić information content (AvgIpc) is 3.17. The zero-order chi connectivity index (χ0) is 20.2. The van der Waals surface area contributed by atoms with Crippen molar-refractivity contribution in [3.63, 3.8) is 0 Å². The van der Waals surface area contributed by atoms with E-state index in [-0.39, 0.29) is 23.2 Å². The molecule has 4 aromatic rings. The Morgan fingerprint density at radius 1 is 0.828 bits per heavy atom. The lowest BCUT2D eigenvalue weighted by Gasteiger charge is -2.10. The normalized spacial score (nSPS) is 10.8. The lowest BCUT2D eigenvalue weighted by Crippen LogP contribution is -2.05. The van der Waals surface area contributed by atoms with Gasteiger partial charge in [-0.05, 0) is 48.5 Å². The lowest BCUT2D eigenvalue weighted by molar-refractivity contribution is 0.102. The van der Waals surface area contributed by atoms with Crippen LogP contribution in [0.1, 0.15) is 10.4 Å². The highest BCUT2D eigenvalue weighted by molar-refractivity contribution is 7.99.